The lowest BCUT2D eigenvalue weighted by Crippen LogP contribution is -1.87. The quantitative estimate of drug-likeness (QED) is 0.527. The van der Waals surface area contributed by atoms with Crippen molar-refractivity contribution < 1.29 is 0 Å². The number of nitrogens with zero attached hydrogens (tertiary/aromatic N) is 4. The Labute approximate surface area is 61.5 Å². The molecule has 0 spiro atoms. The predicted octanol–water partition coefficient (Wildman–Crippen LogP) is 0.778. The van der Waals surface area contributed by atoms with Gasteiger partial charge in [0, 0.05) is 6.07 Å². The highest BCUT2D eigenvalue weighted by Gasteiger charge is 1.94. The summed E-state index contributed by atoms with van der Waals surface area (Å²) in [5, 5.41) is 4.28. The third-order valence-electron chi connectivity index (χ3n) is 1.14. The van der Waals surface area contributed by atoms with Crippen molar-refractivity contribution in [2.75, 3.05) is 0 Å². The fraction of sp³-hybridized carbons (Fsp3) is 0. The molecular weight excluding hydrogens is 152 g/mol. The van der Waals surface area contributed by atoms with E-state index in [1.165, 1.54) is 12.7 Å². The Balaban J connectivity index is 2.86. The Bertz CT molecular complexity index is 355. The van der Waals surface area contributed by atoms with Gasteiger partial charge in [0.05, 0.1) is 0 Å². The molecule has 0 amide bonds. The molecule has 0 saturated heterocycles. The van der Waals surface area contributed by atoms with Crippen LogP contribution in [0.5, 0.6) is 0 Å². The van der Waals surface area contributed by atoms with Gasteiger partial charge in [0.15, 0.2) is 5.65 Å². The Morgan fingerprint density at radius 2 is 2.30 bits per heavy atom. The van der Waals surface area contributed by atoms with Crippen LogP contribution in [0, 0.1) is 0 Å². The molecule has 0 aliphatic rings. The monoisotopic (exact) mass is 154 g/mol. The van der Waals surface area contributed by atoms with Crippen LogP contribution < -0.4 is 0 Å². The van der Waals surface area contributed by atoms with Gasteiger partial charge in [-0.15, -0.1) is 0 Å². The van der Waals surface area contributed by atoms with Gasteiger partial charge in [0.1, 0.15) is 17.8 Å². The molecule has 0 radical (unpaired) electrons. The summed E-state index contributed by atoms with van der Waals surface area (Å²) in [6.07, 6.45) is 2.97. The maximum Gasteiger partial charge on any atom is 0.160 e. The summed E-state index contributed by atoms with van der Waals surface area (Å²) in [6.45, 7) is 0. The van der Waals surface area contributed by atoms with E-state index in [2.05, 4.69) is 15.1 Å². The van der Waals surface area contributed by atoms with Crippen molar-refractivity contribution in [1.82, 2.24) is 19.6 Å². The molecule has 0 aliphatic carbocycles. The summed E-state index contributed by atoms with van der Waals surface area (Å²) < 4.78 is 1.55. The molecule has 0 bridgehead atoms. The first-order valence-corrected chi connectivity index (χ1v) is 3.05. The second kappa shape index (κ2) is 1.91. The zero-order valence-corrected chi connectivity index (χ0v) is 5.65. The molecule has 0 fully saturated rings. The average Bonchev–Trinajstić information content (AvgIpc) is 2.33. The number of halogens is 1. The first-order chi connectivity index (χ1) is 4.86. The fourth-order valence-corrected chi connectivity index (χ4v) is 0.846. The molecule has 0 aliphatic heterocycles. The third-order valence-corrected chi connectivity index (χ3v) is 1.35. The van der Waals surface area contributed by atoms with E-state index in [9.17, 15) is 0 Å². The van der Waals surface area contributed by atoms with E-state index in [4.69, 9.17) is 11.6 Å². The average molecular weight is 155 g/mol. The maximum absolute atomic E-state index is 5.58. The van der Waals surface area contributed by atoms with Crippen molar-refractivity contribution in [3.05, 3.63) is 23.9 Å². The van der Waals surface area contributed by atoms with E-state index >= 15 is 0 Å². The third kappa shape index (κ3) is 0.733. The van der Waals surface area contributed by atoms with Gasteiger partial charge in [-0.2, -0.15) is 5.10 Å². The molecule has 2 rings (SSSR count). The predicted molar refractivity (Wildman–Crippen MR) is 35.8 cm³/mol. The summed E-state index contributed by atoms with van der Waals surface area (Å²) >= 11 is 5.58. The fourth-order valence-electron chi connectivity index (χ4n) is 0.705. The second-order valence-corrected chi connectivity index (χ2v) is 2.16. The minimum absolute atomic E-state index is 0.431. The van der Waals surface area contributed by atoms with E-state index < -0.39 is 0 Å². The lowest BCUT2D eigenvalue weighted by Gasteiger charge is -1.88. The number of rotatable bonds is 0. The molecular formula is C5H3ClN4. The zero-order valence-electron chi connectivity index (χ0n) is 4.90. The van der Waals surface area contributed by atoms with E-state index in [0.29, 0.717) is 10.8 Å². The van der Waals surface area contributed by atoms with Gasteiger partial charge in [-0.3, -0.25) is 0 Å². The molecule has 0 atom stereocenters. The van der Waals surface area contributed by atoms with Crippen LogP contribution in [0.15, 0.2) is 18.7 Å². The normalized spacial score (nSPS) is 10.5. The number of aromatic nitrogens is 4. The largest absolute Gasteiger partial charge is 0.224 e. The number of hydrogen-bond acceptors (Lipinski definition) is 3. The van der Waals surface area contributed by atoms with E-state index in [-0.39, 0.29) is 0 Å². The first kappa shape index (κ1) is 5.61. The molecule has 2 heterocycles. The highest BCUT2D eigenvalue weighted by Crippen LogP contribution is 2.04. The molecule has 2 aromatic heterocycles. The molecule has 0 saturated carbocycles. The van der Waals surface area contributed by atoms with E-state index in [1.807, 2.05) is 0 Å². The standard InChI is InChI=1S/C5H3ClN4/c6-4-1-5-7-2-9-10(5)3-8-4/h1-3H. The first-order valence-electron chi connectivity index (χ1n) is 2.67. The van der Waals surface area contributed by atoms with Gasteiger partial charge in [-0.05, 0) is 0 Å². The minimum Gasteiger partial charge on any atom is -0.224 e. The molecule has 5 heteroatoms. The topological polar surface area (TPSA) is 43.1 Å². The lowest BCUT2D eigenvalue weighted by molar-refractivity contribution is 0.922. The minimum atomic E-state index is 0.431. The van der Waals surface area contributed by atoms with Gasteiger partial charge >= 0.3 is 0 Å². The Hall–Kier alpha value is -1.16. The molecule has 2 aromatic rings. The van der Waals surface area contributed by atoms with Gasteiger partial charge < -0.3 is 0 Å². The van der Waals surface area contributed by atoms with Crippen LogP contribution in [-0.4, -0.2) is 19.6 Å². The van der Waals surface area contributed by atoms with Crippen LogP contribution in [0.1, 0.15) is 0 Å². The van der Waals surface area contributed by atoms with Crippen molar-refractivity contribution in [2.45, 2.75) is 0 Å². The van der Waals surface area contributed by atoms with Gasteiger partial charge in [-0.1, -0.05) is 11.6 Å². The van der Waals surface area contributed by atoms with Crippen LogP contribution in [0.2, 0.25) is 5.15 Å². The van der Waals surface area contributed by atoms with Crippen LogP contribution in [0.3, 0.4) is 0 Å². The highest BCUT2D eigenvalue weighted by atomic mass is 35.5. The summed E-state index contributed by atoms with van der Waals surface area (Å²) in [4.78, 5) is 7.71. The van der Waals surface area contributed by atoms with Crippen molar-refractivity contribution in [3.8, 4) is 0 Å². The summed E-state index contributed by atoms with van der Waals surface area (Å²) in [6, 6.07) is 1.65. The van der Waals surface area contributed by atoms with E-state index in [0.717, 1.165) is 0 Å². The van der Waals surface area contributed by atoms with Crippen LogP contribution in [0.4, 0.5) is 0 Å². The summed E-state index contributed by atoms with van der Waals surface area (Å²) in [7, 11) is 0. The van der Waals surface area contributed by atoms with Crippen LogP contribution in [-0.2, 0) is 0 Å². The molecule has 0 aromatic carbocycles. The summed E-state index contributed by atoms with van der Waals surface area (Å²) in [5.41, 5.74) is 0.708. The summed E-state index contributed by atoms with van der Waals surface area (Å²) in [5.74, 6) is 0. The molecule has 0 unspecified atom stereocenters. The van der Waals surface area contributed by atoms with Gasteiger partial charge in [-0.25, -0.2) is 14.5 Å². The molecule has 50 valence electrons. The van der Waals surface area contributed by atoms with Crippen molar-refractivity contribution in [2.24, 2.45) is 0 Å². The number of fused-ring (bicyclic) bond motifs is 1. The lowest BCUT2D eigenvalue weighted by atomic mass is 10.6. The van der Waals surface area contributed by atoms with Crippen molar-refractivity contribution in [3.63, 3.8) is 0 Å². The van der Waals surface area contributed by atoms with Crippen molar-refractivity contribution >= 4 is 17.2 Å². The number of hydrogen-bond donors (Lipinski definition) is 0. The van der Waals surface area contributed by atoms with E-state index in [1.54, 1.807) is 10.6 Å². The van der Waals surface area contributed by atoms with Crippen LogP contribution >= 0.6 is 11.6 Å². The van der Waals surface area contributed by atoms with Gasteiger partial charge in [0.25, 0.3) is 0 Å². The van der Waals surface area contributed by atoms with Crippen LogP contribution in [0.25, 0.3) is 5.65 Å². The highest BCUT2D eigenvalue weighted by molar-refractivity contribution is 6.29. The maximum atomic E-state index is 5.58. The molecule has 10 heavy (non-hydrogen) atoms. The molecule has 4 nitrogen and oxygen atoms in total. The Morgan fingerprint density at radius 1 is 1.40 bits per heavy atom. The smallest absolute Gasteiger partial charge is 0.160 e. The van der Waals surface area contributed by atoms with Gasteiger partial charge in [0.2, 0.25) is 0 Å². The zero-order chi connectivity index (χ0) is 6.97. The SMILES string of the molecule is Clc1cc2ncnn2cn1. The van der Waals surface area contributed by atoms with Crippen molar-refractivity contribution in [1.29, 1.82) is 0 Å². The Morgan fingerprint density at radius 3 is 3.20 bits per heavy atom. The molecule has 0 N–H and O–H groups in total. The second-order valence-electron chi connectivity index (χ2n) is 1.77. The Kier molecular flexibility index (Phi) is 1.07.